The molecule has 0 bridgehead atoms. The van der Waals surface area contributed by atoms with Crippen molar-refractivity contribution in [1.82, 2.24) is 10.2 Å². The van der Waals surface area contributed by atoms with Crippen LogP contribution in [0.15, 0.2) is 0 Å². The van der Waals surface area contributed by atoms with E-state index in [9.17, 15) is 0 Å². The van der Waals surface area contributed by atoms with Gasteiger partial charge in [0.25, 0.3) is 0 Å². The predicted octanol–water partition coefficient (Wildman–Crippen LogP) is 1.47. The van der Waals surface area contributed by atoms with Gasteiger partial charge in [0.1, 0.15) is 0 Å². The fraction of sp³-hybridized carbons (Fsp3) is 1.00. The number of nitrogens with zero attached hydrogens (tertiary/aromatic N) is 1. The molecule has 2 heteroatoms. The van der Waals surface area contributed by atoms with Gasteiger partial charge in [0, 0.05) is 30.7 Å². The van der Waals surface area contributed by atoms with Gasteiger partial charge in [0.2, 0.25) is 0 Å². The molecule has 72 valence electrons. The summed E-state index contributed by atoms with van der Waals surface area (Å²) in [5.74, 6) is 0. The van der Waals surface area contributed by atoms with Crippen molar-refractivity contribution in [2.24, 2.45) is 0 Å². The molecular weight excluding hydrogens is 148 g/mol. The lowest BCUT2D eigenvalue weighted by Crippen LogP contribution is -2.67. The van der Waals surface area contributed by atoms with Crippen LogP contribution in [-0.4, -0.2) is 35.6 Å². The molecule has 1 aliphatic heterocycles. The van der Waals surface area contributed by atoms with Crippen LogP contribution < -0.4 is 5.32 Å². The first-order valence-electron chi connectivity index (χ1n) is 5.04. The van der Waals surface area contributed by atoms with Crippen LogP contribution >= 0.6 is 0 Å². The van der Waals surface area contributed by atoms with Crippen molar-refractivity contribution >= 4 is 0 Å². The van der Waals surface area contributed by atoms with Gasteiger partial charge in [0.15, 0.2) is 0 Å². The molecule has 0 aromatic rings. The van der Waals surface area contributed by atoms with E-state index < -0.39 is 0 Å². The zero-order chi connectivity index (χ0) is 9.30. The largest absolute Gasteiger partial charge is 0.309 e. The second-order valence-corrected chi connectivity index (χ2v) is 4.46. The Morgan fingerprint density at radius 2 is 1.83 bits per heavy atom. The van der Waals surface area contributed by atoms with Gasteiger partial charge in [-0.15, -0.1) is 0 Å². The van der Waals surface area contributed by atoms with Crippen LogP contribution in [0, 0.1) is 0 Å². The SMILES string of the molecule is CC(C)NC1CN(C(C)C)C1C. The van der Waals surface area contributed by atoms with Gasteiger partial charge in [0.05, 0.1) is 0 Å². The molecule has 2 atom stereocenters. The van der Waals surface area contributed by atoms with Crippen molar-refractivity contribution < 1.29 is 0 Å². The molecule has 0 aromatic carbocycles. The van der Waals surface area contributed by atoms with E-state index in [2.05, 4.69) is 44.8 Å². The Bertz CT molecular complexity index is 143. The molecule has 0 spiro atoms. The maximum atomic E-state index is 3.57. The minimum atomic E-state index is 0.617. The lowest BCUT2D eigenvalue weighted by atomic mass is 9.95. The smallest absolute Gasteiger partial charge is 0.0351 e. The lowest BCUT2D eigenvalue weighted by Gasteiger charge is -2.50. The Hall–Kier alpha value is -0.0800. The maximum absolute atomic E-state index is 3.57. The Morgan fingerprint density at radius 3 is 2.17 bits per heavy atom. The molecule has 1 heterocycles. The van der Waals surface area contributed by atoms with E-state index in [-0.39, 0.29) is 0 Å². The first-order valence-corrected chi connectivity index (χ1v) is 5.04. The predicted molar refractivity (Wildman–Crippen MR) is 53.4 cm³/mol. The first-order chi connectivity index (χ1) is 5.52. The molecule has 0 aliphatic carbocycles. The quantitative estimate of drug-likeness (QED) is 0.690. The molecule has 0 saturated carbocycles. The normalized spacial score (nSPS) is 31.2. The van der Waals surface area contributed by atoms with Gasteiger partial charge in [-0.25, -0.2) is 0 Å². The van der Waals surface area contributed by atoms with E-state index in [4.69, 9.17) is 0 Å². The second-order valence-electron chi connectivity index (χ2n) is 4.46. The molecule has 2 unspecified atom stereocenters. The van der Waals surface area contributed by atoms with Crippen LogP contribution in [-0.2, 0) is 0 Å². The molecule has 0 radical (unpaired) electrons. The summed E-state index contributed by atoms with van der Waals surface area (Å²) < 4.78 is 0. The molecule has 1 fully saturated rings. The van der Waals surface area contributed by atoms with Crippen molar-refractivity contribution in [1.29, 1.82) is 0 Å². The second kappa shape index (κ2) is 3.75. The highest BCUT2D eigenvalue weighted by Crippen LogP contribution is 2.20. The number of hydrogen-bond acceptors (Lipinski definition) is 2. The van der Waals surface area contributed by atoms with E-state index in [1.165, 1.54) is 6.54 Å². The summed E-state index contributed by atoms with van der Waals surface area (Å²) in [5, 5.41) is 3.57. The number of hydrogen-bond donors (Lipinski definition) is 1. The summed E-state index contributed by atoms with van der Waals surface area (Å²) in [6.45, 7) is 12.5. The fourth-order valence-electron chi connectivity index (χ4n) is 1.94. The van der Waals surface area contributed by atoms with E-state index in [0.717, 1.165) is 0 Å². The van der Waals surface area contributed by atoms with E-state index in [1.54, 1.807) is 0 Å². The van der Waals surface area contributed by atoms with Crippen LogP contribution in [0.3, 0.4) is 0 Å². The molecule has 1 saturated heterocycles. The van der Waals surface area contributed by atoms with Crippen molar-refractivity contribution in [3.8, 4) is 0 Å². The fourth-order valence-corrected chi connectivity index (χ4v) is 1.94. The lowest BCUT2D eigenvalue weighted by molar-refractivity contribution is 0.0224. The monoisotopic (exact) mass is 170 g/mol. The Balaban J connectivity index is 2.28. The highest BCUT2D eigenvalue weighted by atomic mass is 15.3. The summed E-state index contributed by atoms with van der Waals surface area (Å²) in [4.78, 5) is 2.53. The van der Waals surface area contributed by atoms with Crippen LogP contribution in [0.2, 0.25) is 0 Å². The molecule has 0 amide bonds. The highest BCUT2D eigenvalue weighted by molar-refractivity contribution is 4.96. The average Bonchev–Trinajstić information content (AvgIpc) is 1.95. The van der Waals surface area contributed by atoms with Crippen LogP contribution in [0.5, 0.6) is 0 Å². The van der Waals surface area contributed by atoms with Gasteiger partial charge in [-0.2, -0.15) is 0 Å². The highest BCUT2D eigenvalue weighted by Gasteiger charge is 2.36. The Kier molecular flexibility index (Phi) is 3.13. The minimum absolute atomic E-state index is 0.617. The first kappa shape index (κ1) is 10.0. The van der Waals surface area contributed by atoms with Gasteiger partial charge < -0.3 is 5.32 Å². The van der Waals surface area contributed by atoms with E-state index in [0.29, 0.717) is 24.2 Å². The molecule has 0 aromatic heterocycles. The molecule has 1 N–H and O–H groups in total. The minimum Gasteiger partial charge on any atom is -0.309 e. The van der Waals surface area contributed by atoms with Gasteiger partial charge >= 0.3 is 0 Å². The average molecular weight is 170 g/mol. The van der Waals surface area contributed by atoms with Gasteiger partial charge in [-0.1, -0.05) is 13.8 Å². The molecule has 1 aliphatic rings. The molecule has 1 rings (SSSR count). The van der Waals surface area contributed by atoms with Crippen molar-refractivity contribution in [3.05, 3.63) is 0 Å². The van der Waals surface area contributed by atoms with E-state index in [1.807, 2.05) is 0 Å². The third-order valence-corrected chi connectivity index (χ3v) is 2.72. The molecular formula is C10H22N2. The summed E-state index contributed by atoms with van der Waals surface area (Å²) in [6.07, 6.45) is 0. The molecule has 2 nitrogen and oxygen atoms in total. The van der Waals surface area contributed by atoms with Crippen LogP contribution in [0.4, 0.5) is 0 Å². The van der Waals surface area contributed by atoms with E-state index >= 15 is 0 Å². The van der Waals surface area contributed by atoms with Crippen molar-refractivity contribution in [3.63, 3.8) is 0 Å². The third kappa shape index (κ3) is 1.99. The summed E-state index contributed by atoms with van der Waals surface area (Å²) >= 11 is 0. The van der Waals surface area contributed by atoms with Crippen LogP contribution in [0.1, 0.15) is 34.6 Å². The van der Waals surface area contributed by atoms with Crippen molar-refractivity contribution in [2.45, 2.75) is 58.8 Å². The Morgan fingerprint density at radius 1 is 1.25 bits per heavy atom. The van der Waals surface area contributed by atoms with Gasteiger partial charge in [-0.3, -0.25) is 4.90 Å². The number of likely N-dealkylation sites (tertiary alicyclic amines) is 1. The summed E-state index contributed by atoms with van der Waals surface area (Å²) in [7, 11) is 0. The number of rotatable bonds is 3. The number of nitrogens with one attached hydrogen (secondary N) is 1. The van der Waals surface area contributed by atoms with Crippen molar-refractivity contribution in [2.75, 3.05) is 6.54 Å². The topological polar surface area (TPSA) is 15.3 Å². The zero-order valence-electron chi connectivity index (χ0n) is 8.96. The summed E-state index contributed by atoms with van der Waals surface area (Å²) in [6, 6.07) is 2.75. The zero-order valence-corrected chi connectivity index (χ0v) is 8.96. The standard InChI is InChI=1S/C10H22N2/c1-7(2)11-10-6-12(8(3)4)9(10)5/h7-11H,6H2,1-5H3. The maximum Gasteiger partial charge on any atom is 0.0351 e. The Labute approximate surface area is 76.3 Å². The summed E-state index contributed by atoms with van der Waals surface area (Å²) in [5.41, 5.74) is 0. The molecule has 12 heavy (non-hydrogen) atoms. The van der Waals surface area contributed by atoms with Gasteiger partial charge in [-0.05, 0) is 20.8 Å². The van der Waals surface area contributed by atoms with Crippen LogP contribution in [0.25, 0.3) is 0 Å². The third-order valence-electron chi connectivity index (χ3n) is 2.72.